The van der Waals surface area contributed by atoms with Gasteiger partial charge >= 0.3 is 0 Å². The maximum Gasteiger partial charge on any atom is 0.281 e. The summed E-state index contributed by atoms with van der Waals surface area (Å²) < 4.78 is 27.3. The fourth-order valence-electron chi connectivity index (χ4n) is 2.99. The molecule has 0 N–H and O–H groups in total. The minimum Gasteiger partial charge on any atom is -0.368 e. The Morgan fingerprint density at radius 2 is 1.50 bits per heavy atom. The predicted octanol–water partition coefficient (Wildman–Crippen LogP) is 1.74. The quantitative estimate of drug-likeness (QED) is 0.828. The van der Waals surface area contributed by atoms with Crippen LogP contribution in [-0.2, 0) is 23.1 Å². The summed E-state index contributed by atoms with van der Waals surface area (Å²) >= 11 is 0. The standard InChI is InChI=1S/C16H27N3O2S/c1-5-14-8-7-9-15(6-2)16(14)18-10-12-19(13-11-18)22(20,21)17(3)4/h7-9H,5-6,10-13H2,1-4H3. The summed E-state index contributed by atoms with van der Waals surface area (Å²) in [6, 6.07) is 6.47. The molecule has 1 fully saturated rings. The molecule has 6 heteroatoms. The van der Waals surface area contributed by atoms with Crippen molar-refractivity contribution in [2.24, 2.45) is 0 Å². The highest BCUT2D eigenvalue weighted by atomic mass is 32.2. The van der Waals surface area contributed by atoms with E-state index < -0.39 is 10.2 Å². The van der Waals surface area contributed by atoms with Crippen molar-refractivity contribution in [3.8, 4) is 0 Å². The van der Waals surface area contributed by atoms with Gasteiger partial charge in [0.15, 0.2) is 0 Å². The number of nitrogens with zero attached hydrogens (tertiary/aromatic N) is 3. The van der Waals surface area contributed by atoms with Gasteiger partial charge in [0.1, 0.15) is 0 Å². The van der Waals surface area contributed by atoms with Crippen molar-refractivity contribution in [1.82, 2.24) is 8.61 Å². The van der Waals surface area contributed by atoms with Crippen molar-refractivity contribution in [2.45, 2.75) is 26.7 Å². The highest BCUT2D eigenvalue weighted by Gasteiger charge is 2.29. The first-order chi connectivity index (χ1) is 10.4. The van der Waals surface area contributed by atoms with Crippen molar-refractivity contribution in [3.63, 3.8) is 0 Å². The van der Waals surface area contributed by atoms with E-state index in [2.05, 4.69) is 36.9 Å². The summed E-state index contributed by atoms with van der Waals surface area (Å²) in [6.45, 7) is 6.92. The van der Waals surface area contributed by atoms with Gasteiger partial charge in [-0.1, -0.05) is 32.0 Å². The van der Waals surface area contributed by atoms with Crippen LogP contribution < -0.4 is 4.90 Å². The third-order valence-corrected chi connectivity index (χ3v) is 6.25. The molecule has 0 spiro atoms. The van der Waals surface area contributed by atoms with E-state index in [1.54, 1.807) is 18.4 Å². The molecule has 124 valence electrons. The number of aryl methyl sites for hydroxylation is 2. The topological polar surface area (TPSA) is 43.9 Å². The van der Waals surface area contributed by atoms with Gasteiger partial charge in [0.05, 0.1) is 0 Å². The summed E-state index contributed by atoms with van der Waals surface area (Å²) in [7, 11) is -0.124. The van der Waals surface area contributed by atoms with E-state index in [0.29, 0.717) is 13.1 Å². The summed E-state index contributed by atoms with van der Waals surface area (Å²) in [5.74, 6) is 0. The van der Waals surface area contributed by atoms with E-state index in [9.17, 15) is 8.42 Å². The minimum absolute atomic E-state index is 0.543. The number of anilines is 1. The van der Waals surface area contributed by atoms with E-state index >= 15 is 0 Å². The Morgan fingerprint density at radius 1 is 1.00 bits per heavy atom. The summed E-state index contributed by atoms with van der Waals surface area (Å²) in [5.41, 5.74) is 4.01. The van der Waals surface area contributed by atoms with Gasteiger partial charge in [-0.15, -0.1) is 0 Å². The Hall–Kier alpha value is -1.11. The number of piperazine rings is 1. The lowest BCUT2D eigenvalue weighted by molar-refractivity contribution is 0.355. The molecule has 1 heterocycles. The summed E-state index contributed by atoms with van der Waals surface area (Å²) in [5, 5.41) is 0. The van der Waals surface area contributed by atoms with Crippen LogP contribution in [0.2, 0.25) is 0 Å². The molecule has 0 radical (unpaired) electrons. The number of hydrogen-bond donors (Lipinski definition) is 0. The molecule has 0 amide bonds. The maximum absolute atomic E-state index is 12.2. The number of para-hydroxylation sites is 1. The fourth-order valence-corrected chi connectivity index (χ4v) is 4.08. The zero-order chi connectivity index (χ0) is 16.3. The zero-order valence-corrected chi connectivity index (χ0v) is 14.9. The smallest absolute Gasteiger partial charge is 0.281 e. The lowest BCUT2D eigenvalue weighted by atomic mass is 10.0. The van der Waals surface area contributed by atoms with Gasteiger partial charge < -0.3 is 4.90 Å². The Kier molecular flexibility index (Phi) is 5.47. The van der Waals surface area contributed by atoms with Crippen LogP contribution in [0.4, 0.5) is 5.69 Å². The molecule has 0 atom stereocenters. The molecule has 2 rings (SSSR count). The highest BCUT2D eigenvalue weighted by molar-refractivity contribution is 7.86. The highest BCUT2D eigenvalue weighted by Crippen LogP contribution is 2.28. The second-order valence-electron chi connectivity index (χ2n) is 5.81. The van der Waals surface area contributed by atoms with E-state index in [1.807, 2.05) is 0 Å². The van der Waals surface area contributed by atoms with Gasteiger partial charge in [-0.05, 0) is 24.0 Å². The monoisotopic (exact) mass is 325 g/mol. The van der Waals surface area contributed by atoms with Crippen LogP contribution >= 0.6 is 0 Å². The molecule has 1 aliphatic rings. The van der Waals surface area contributed by atoms with Gasteiger partial charge in [0, 0.05) is 46.0 Å². The Balaban J connectivity index is 2.19. The Morgan fingerprint density at radius 3 is 1.91 bits per heavy atom. The SMILES string of the molecule is CCc1cccc(CC)c1N1CCN(S(=O)(=O)N(C)C)CC1. The molecule has 0 unspecified atom stereocenters. The molecule has 0 aliphatic carbocycles. The average molecular weight is 325 g/mol. The fraction of sp³-hybridized carbons (Fsp3) is 0.625. The molecule has 1 aliphatic heterocycles. The van der Waals surface area contributed by atoms with Crippen molar-refractivity contribution < 1.29 is 8.42 Å². The van der Waals surface area contributed by atoms with Crippen LogP contribution in [-0.4, -0.2) is 57.3 Å². The summed E-state index contributed by atoms with van der Waals surface area (Å²) in [6.07, 6.45) is 2.00. The maximum atomic E-state index is 12.2. The lowest BCUT2D eigenvalue weighted by Gasteiger charge is -2.38. The van der Waals surface area contributed by atoms with Gasteiger partial charge in [-0.3, -0.25) is 0 Å². The molecule has 1 aromatic rings. The van der Waals surface area contributed by atoms with E-state index in [1.165, 1.54) is 21.1 Å². The first-order valence-corrected chi connectivity index (χ1v) is 9.34. The first-order valence-electron chi connectivity index (χ1n) is 7.95. The lowest BCUT2D eigenvalue weighted by Crippen LogP contribution is -2.52. The molecule has 1 saturated heterocycles. The first kappa shape index (κ1) is 17.2. The van der Waals surface area contributed by atoms with Gasteiger partial charge in [-0.2, -0.15) is 17.0 Å². The molecule has 1 aromatic carbocycles. The third-order valence-electron chi connectivity index (χ3n) is 4.31. The Bertz CT molecular complexity index is 584. The van der Waals surface area contributed by atoms with E-state index in [0.717, 1.165) is 25.9 Å². The minimum atomic E-state index is -3.30. The molecule has 0 saturated carbocycles. The van der Waals surface area contributed by atoms with Crippen LogP contribution in [0.3, 0.4) is 0 Å². The molecule has 0 bridgehead atoms. The second kappa shape index (κ2) is 6.98. The molecule has 22 heavy (non-hydrogen) atoms. The van der Waals surface area contributed by atoms with Gasteiger partial charge in [0.25, 0.3) is 10.2 Å². The molecule has 5 nitrogen and oxygen atoms in total. The van der Waals surface area contributed by atoms with Gasteiger partial charge in [0.2, 0.25) is 0 Å². The molecular formula is C16H27N3O2S. The number of hydrogen-bond acceptors (Lipinski definition) is 3. The van der Waals surface area contributed by atoms with Crippen LogP contribution in [0, 0.1) is 0 Å². The average Bonchev–Trinajstić information content (AvgIpc) is 2.53. The van der Waals surface area contributed by atoms with Crippen molar-refractivity contribution >= 4 is 15.9 Å². The molecule has 0 aromatic heterocycles. The zero-order valence-electron chi connectivity index (χ0n) is 14.0. The third kappa shape index (κ3) is 3.29. The van der Waals surface area contributed by atoms with Crippen molar-refractivity contribution in [2.75, 3.05) is 45.2 Å². The van der Waals surface area contributed by atoms with E-state index in [-0.39, 0.29) is 0 Å². The number of benzene rings is 1. The summed E-state index contributed by atoms with van der Waals surface area (Å²) in [4.78, 5) is 2.35. The van der Waals surface area contributed by atoms with Crippen LogP contribution in [0.5, 0.6) is 0 Å². The predicted molar refractivity (Wildman–Crippen MR) is 91.6 cm³/mol. The van der Waals surface area contributed by atoms with Gasteiger partial charge in [-0.25, -0.2) is 0 Å². The normalized spacial score (nSPS) is 17.2. The Labute approximate surface area is 134 Å². The second-order valence-corrected chi connectivity index (χ2v) is 7.95. The molecular weight excluding hydrogens is 298 g/mol. The largest absolute Gasteiger partial charge is 0.368 e. The van der Waals surface area contributed by atoms with Crippen LogP contribution in [0.1, 0.15) is 25.0 Å². The van der Waals surface area contributed by atoms with Crippen LogP contribution in [0.25, 0.3) is 0 Å². The van der Waals surface area contributed by atoms with E-state index in [4.69, 9.17) is 0 Å². The van der Waals surface area contributed by atoms with Crippen molar-refractivity contribution in [1.29, 1.82) is 0 Å². The van der Waals surface area contributed by atoms with Crippen LogP contribution in [0.15, 0.2) is 18.2 Å². The van der Waals surface area contributed by atoms with Crippen molar-refractivity contribution in [3.05, 3.63) is 29.3 Å². The number of rotatable bonds is 5.